The normalized spacial score (nSPS) is 16.6. The van der Waals surface area contributed by atoms with Gasteiger partial charge in [-0.2, -0.15) is 0 Å². The first kappa shape index (κ1) is 30.8. The first-order valence-corrected chi connectivity index (χ1v) is 18.6. The highest BCUT2D eigenvalue weighted by atomic mass is 127. The zero-order valence-electron chi connectivity index (χ0n) is 28.1. The molecule has 6 aromatic rings. The fraction of sp³-hybridized carbons (Fsp3) is 0.111. The lowest BCUT2D eigenvalue weighted by Gasteiger charge is -2.42. The molecule has 1 aliphatic carbocycles. The fourth-order valence-electron chi connectivity index (χ4n) is 7.61. The van der Waals surface area contributed by atoms with Gasteiger partial charge in [-0.3, -0.25) is 0 Å². The van der Waals surface area contributed by atoms with E-state index < -0.39 is 0 Å². The van der Waals surface area contributed by atoms with Gasteiger partial charge in [-0.1, -0.05) is 102 Å². The topological polar surface area (TPSA) is 13.0 Å². The van der Waals surface area contributed by atoms with Crippen molar-refractivity contribution in [3.8, 4) is 0 Å². The number of hydrogen-bond acceptors (Lipinski definition) is 4. The zero-order chi connectivity index (χ0) is 33.8. The number of fused-ring (bicyclic) bond motifs is 4. The molecule has 2 atom stereocenters. The molecule has 0 amide bonds. The Bertz CT molecular complexity index is 2180. The second kappa shape index (κ2) is 12.6. The molecule has 5 heteroatoms. The van der Waals surface area contributed by atoms with Crippen LogP contribution in [0.2, 0.25) is 0 Å². The summed E-state index contributed by atoms with van der Waals surface area (Å²) in [6.45, 7) is 4.52. The summed E-state index contributed by atoms with van der Waals surface area (Å²) in [6, 6.07) is 53.1. The summed E-state index contributed by atoms with van der Waals surface area (Å²) in [4.78, 5) is 9.62. The number of nitrogens with zero attached hydrogens (tertiary/aromatic N) is 4. The molecule has 0 saturated heterocycles. The van der Waals surface area contributed by atoms with Gasteiger partial charge in [0, 0.05) is 26.7 Å². The Kier molecular flexibility index (Phi) is 7.73. The average Bonchev–Trinajstić information content (AvgIpc) is 3.16. The van der Waals surface area contributed by atoms with E-state index in [0.29, 0.717) is 9.84 Å². The maximum Gasteiger partial charge on any atom is 0.0703 e. The Morgan fingerprint density at radius 2 is 0.800 bits per heavy atom. The number of halogens is 1. The minimum Gasteiger partial charge on any atom is -0.307 e. The average molecular weight is 761 g/mol. The summed E-state index contributed by atoms with van der Waals surface area (Å²) in [5, 5.41) is 0. The smallest absolute Gasteiger partial charge is 0.0703 e. The number of para-hydroxylation sites is 8. The fourth-order valence-corrected chi connectivity index (χ4v) is 8.02. The second-order valence-corrected chi connectivity index (χ2v) is 15.1. The molecule has 0 bridgehead atoms. The van der Waals surface area contributed by atoms with Gasteiger partial charge in [0.2, 0.25) is 0 Å². The Morgan fingerprint density at radius 3 is 1.12 bits per heavy atom. The molecule has 244 valence electrons. The van der Waals surface area contributed by atoms with Crippen molar-refractivity contribution < 1.29 is 0 Å². The Labute approximate surface area is 308 Å². The molecular formula is C45H37IN4. The van der Waals surface area contributed by atoms with Crippen molar-refractivity contribution >= 4 is 85.2 Å². The third kappa shape index (κ3) is 5.11. The van der Waals surface area contributed by atoms with Crippen LogP contribution >= 0.6 is 22.6 Å². The molecule has 3 aliphatic rings. The van der Waals surface area contributed by atoms with Crippen LogP contribution in [0.25, 0.3) is 0 Å². The highest BCUT2D eigenvalue weighted by molar-refractivity contribution is 14.1. The lowest BCUT2D eigenvalue weighted by molar-refractivity contribution is 0.726. The quantitative estimate of drug-likeness (QED) is 0.128. The predicted molar refractivity (Wildman–Crippen MR) is 220 cm³/mol. The van der Waals surface area contributed by atoms with Crippen molar-refractivity contribution in [2.45, 2.75) is 24.2 Å². The van der Waals surface area contributed by atoms with Crippen LogP contribution in [0.5, 0.6) is 0 Å². The minimum atomic E-state index is 0.460. The van der Waals surface area contributed by atoms with Crippen LogP contribution < -0.4 is 19.6 Å². The highest BCUT2D eigenvalue weighted by Crippen LogP contribution is 2.56. The largest absolute Gasteiger partial charge is 0.307 e. The second-order valence-electron chi connectivity index (χ2n) is 13.2. The Hall–Kier alpha value is -5.27. The van der Waals surface area contributed by atoms with Crippen molar-refractivity contribution in [3.05, 3.63) is 175 Å². The monoisotopic (exact) mass is 760 g/mol. The Balaban J connectivity index is 1.13. The van der Waals surface area contributed by atoms with Gasteiger partial charge in [0.15, 0.2) is 0 Å². The number of rotatable bonds is 5. The van der Waals surface area contributed by atoms with Gasteiger partial charge in [0.25, 0.3) is 0 Å². The van der Waals surface area contributed by atoms with E-state index in [2.05, 4.69) is 220 Å². The molecule has 0 saturated carbocycles. The molecule has 0 fully saturated rings. The van der Waals surface area contributed by atoms with Crippen molar-refractivity contribution in [2.75, 3.05) is 19.6 Å². The van der Waals surface area contributed by atoms with E-state index in [9.17, 15) is 0 Å². The van der Waals surface area contributed by atoms with Crippen LogP contribution in [0.4, 0.5) is 62.6 Å². The summed E-state index contributed by atoms with van der Waals surface area (Å²) in [7, 11) is 0. The van der Waals surface area contributed by atoms with E-state index in [4.69, 9.17) is 0 Å². The number of alkyl halides is 1. The standard InChI is InChI=1S/C45H37IN4/c1-31-12-11-13-37(30-31)50-44-20-9-7-18-42(44)49(43-19-8-10-21-45(43)50)36-28-26-35(27-29-36)48-40-16-5-3-14-38(40)47(39-15-4-6-17-41(39)48)34-24-22-33(23-25-34)32(2)46/h3-11,13-32H,12H2,1-2H3. The van der Waals surface area contributed by atoms with Gasteiger partial charge in [-0.25, -0.2) is 0 Å². The number of allylic oxidation sites excluding steroid dienone is 3. The summed E-state index contributed by atoms with van der Waals surface area (Å²) in [5.41, 5.74) is 15.3. The minimum absolute atomic E-state index is 0.460. The van der Waals surface area contributed by atoms with Crippen LogP contribution in [-0.4, -0.2) is 0 Å². The van der Waals surface area contributed by atoms with Crippen LogP contribution in [0.3, 0.4) is 0 Å². The predicted octanol–water partition coefficient (Wildman–Crippen LogP) is 13.8. The number of anilines is 11. The van der Waals surface area contributed by atoms with Gasteiger partial charge >= 0.3 is 0 Å². The maximum atomic E-state index is 2.48. The van der Waals surface area contributed by atoms with E-state index in [0.717, 1.165) is 46.2 Å². The molecule has 4 nitrogen and oxygen atoms in total. The van der Waals surface area contributed by atoms with Crippen molar-refractivity contribution in [2.24, 2.45) is 5.92 Å². The summed E-state index contributed by atoms with van der Waals surface area (Å²) >= 11 is 2.48. The molecule has 0 radical (unpaired) electrons. The molecule has 0 spiro atoms. The number of benzene rings is 6. The molecule has 0 N–H and O–H groups in total. The lowest BCUT2D eigenvalue weighted by atomic mass is 9.98. The summed E-state index contributed by atoms with van der Waals surface area (Å²) in [5.74, 6) is 0.502. The molecule has 2 heterocycles. The van der Waals surface area contributed by atoms with Crippen LogP contribution in [0, 0.1) is 5.92 Å². The molecular weight excluding hydrogens is 723 g/mol. The van der Waals surface area contributed by atoms with Crippen LogP contribution in [0.15, 0.2) is 170 Å². The van der Waals surface area contributed by atoms with Gasteiger partial charge in [0.1, 0.15) is 0 Å². The third-order valence-electron chi connectivity index (χ3n) is 9.94. The SMILES string of the molecule is CC1C=C(N2c3ccccc3N(c3ccc(N4c5ccccc5N(c5ccc(C(C)I)cc5)c5ccccc54)cc3)c3ccccc32)C=CC1. The van der Waals surface area contributed by atoms with E-state index in [1.165, 1.54) is 34.0 Å². The molecule has 50 heavy (non-hydrogen) atoms. The molecule has 6 aromatic carbocycles. The zero-order valence-corrected chi connectivity index (χ0v) is 30.3. The molecule has 2 unspecified atom stereocenters. The number of hydrogen-bond donors (Lipinski definition) is 0. The summed E-state index contributed by atoms with van der Waals surface area (Å²) in [6.07, 6.45) is 8.05. The summed E-state index contributed by atoms with van der Waals surface area (Å²) < 4.78 is 0.460. The molecule has 0 aromatic heterocycles. The van der Waals surface area contributed by atoms with Crippen molar-refractivity contribution in [1.82, 2.24) is 0 Å². The van der Waals surface area contributed by atoms with Gasteiger partial charge in [-0.05, 0) is 116 Å². The Morgan fingerprint density at radius 1 is 0.480 bits per heavy atom. The van der Waals surface area contributed by atoms with Crippen LogP contribution in [0.1, 0.15) is 29.8 Å². The van der Waals surface area contributed by atoms with Crippen LogP contribution in [-0.2, 0) is 0 Å². The van der Waals surface area contributed by atoms with E-state index in [1.54, 1.807) is 0 Å². The van der Waals surface area contributed by atoms with Crippen molar-refractivity contribution in [3.63, 3.8) is 0 Å². The highest BCUT2D eigenvalue weighted by Gasteiger charge is 2.33. The molecule has 9 rings (SSSR count). The third-order valence-corrected chi connectivity index (χ3v) is 10.7. The van der Waals surface area contributed by atoms with E-state index in [1.807, 2.05) is 0 Å². The van der Waals surface area contributed by atoms with E-state index >= 15 is 0 Å². The lowest BCUT2D eigenvalue weighted by Crippen LogP contribution is -2.27. The van der Waals surface area contributed by atoms with E-state index in [-0.39, 0.29) is 0 Å². The van der Waals surface area contributed by atoms with Gasteiger partial charge in [-0.15, -0.1) is 0 Å². The van der Waals surface area contributed by atoms with Gasteiger partial charge < -0.3 is 19.6 Å². The maximum absolute atomic E-state index is 2.48. The first-order valence-electron chi connectivity index (χ1n) is 17.4. The van der Waals surface area contributed by atoms with Gasteiger partial charge in [0.05, 0.1) is 45.5 Å². The van der Waals surface area contributed by atoms with Crippen molar-refractivity contribution in [1.29, 1.82) is 0 Å². The first-order chi connectivity index (χ1) is 24.6. The molecule has 2 aliphatic heterocycles.